The van der Waals surface area contributed by atoms with Crippen molar-refractivity contribution >= 4 is 34.8 Å². The van der Waals surface area contributed by atoms with E-state index in [9.17, 15) is 4.79 Å². The van der Waals surface area contributed by atoms with Gasteiger partial charge in [0.05, 0.1) is 5.56 Å². The van der Waals surface area contributed by atoms with Crippen LogP contribution in [0.15, 0.2) is 72.8 Å². The molecule has 1 aliphatic rings. The van der Waals surface area contributed by atoms with E-state index in [1.54, 1.807) is 18.2 Å². The molecule has 0 radical (unpaired) electrons. The van der Waals surface area contributed by atoms with Gasteiger partial charge in [-0.3, -0.25) is 4.79 Å². The number of carbonyl (C=O) groups is 1. The molecule has 0 spiro atoms. The van der Waals surface area contributed by atoms with Crippen molar-refractivity contribution in [2.75, 3.05) is 31.1 Å². The van der Waals surface area contributed by atoms with Crippen molar-refractivity contribution < 1.29 is 9.53 Å². The van der Waals surface area contributed by atoms with Crippen molar-refractivity contribution in [3.05, 3.63) is 94.0 Å². The standard InChI is InChI=1S/C24H22Cl2N2O2/c25-19-7-4-8-21(15-19)27-11-13-28(14-12-27)24(29)22-16-20(26)9-10-23(22)30-17-18-5-2-1-3-6-18/h1-10,15-16H,11-14,17H2. The Morgan fingerprint density at radius 3 is 2.30 bits per heavy atom. The van der Waals surface area contributed by atoms with E-state index in [2.05, 4.69) is 4.90 Å². The Balaban J connectivity index is 1.45. The molecule has 4 nitrogen and oxygen atoms in total. The molecule has 0 unspecified atom stereocenters. The van der Waals surface area contributed by atoms with E-state index in [-0.39, 0.29) is 5.91 Å². The SMILES string of the molecule is O=C(c1cc(Cl)ccc1OCc1ccccc1)N1CCN(c2cccc(Cl)c2)CC1. The molecule has 1 heterocycles. The van der Waals surface area contributed by atoms with Crippen LogP contribution in [0.2, 0.25) is 10.0 Å². The van der Waals surface area contributed by atoms with E-state index in [4.69, 9.17) is 27.9 Å². The van der Waals surface area contributed by atoms with Gasteiger partial charge in [-0.25, -0.2) is 0 Å². The monoisotopic (exact) mass is 440 g/mol. The molecule has 4 rings (SSSR count). The van der Waals surface area contributed by atoms with Gasteiger partial charge in [0.1, 0.15) is 12.4 Å². The highest BCUT2D eigenvalue weighted by molar-refractivity contribution is 6.31. The fourth-order valence-corrected chi connectivity index (χ4v) is 3.90. The average molecular weight is 441 g/mol. The Morgan fingerprint density at radius 2 is 1.57 bits per heavy atom. The summed E-state index contributed by atoms with van der Waals surface area (Å²) in [4.78, 5) is 17.3. The molecule has 0 aliphatic carbocycles. The van der Waals surface area contributed by atoms with Crippen LogP contribution in [0.5, 0.6) is 5.75 Å². The number of ether oxygens (including phenoxy) is 1. The summed E-state index contributed by atoms with van der Waals surface area (Å²) in [7, 11) is 0. The minimum atomic E-state index is -0.0636. The molecule has 6 heteroatoms. The van der Waals surface area contributed by atoms with Crippen LogP contribution in [0.1, 0.15) is 15.9 Å². The molecule has 0 atom stereocenters. The molecule has 3 aromatic carbocycles. The lowest BCUT2D eigenvalue weighted by Gasteiger charge is -2.36. The first kappa shape index (κ1) is 20.6. The van der Waals surface area contributed by atoms with Gasteiger partial charge in [0, 0.05) is 41.9 Å². The number of halogens is 2. The fraction of sp³-hybridized carbons (Fsp3) is 0.208. The van der Waals surface area contributed by atoms with E-state index in [0.29, 0.717) is 41.1 Å². The maximum absolute atomic E-state index is 13.2. The maximum Gasteiger partial charge on any atom is 0.257 e. The molecule has 1 amide bonds. The van der Waals surface area contributed by atoms with Gasteiger partial charge in [0.25, 0.3) is 5.91 Å². The number of carbonyl (C=O) groups excluding carboxylic acids is 1. The van der Waals surface area contributed by atoms with E-state index < -0.39 is 0 Å². The molecule has 1 fully saturated rings. The third-order valence-electron chi connectivity index (χ3n) is 5.15. The van der Waals surface area contributed by atoms with Crippen molar-refractivity contribution in [1.82, 2.24) is 4.90 Å². The zero-order valence-corrected chi connectivity index (χ0v) is 17.9. The van der Waals surface area contributed by atoms with E-state index in [0.717, 1.165) is 24.3 Å². The summed E-state index contributed by atoms with van der Waals surface area (Å²) < 4.78 is 5.96. The van der Waals surface area contributed by atoms with E-state index in [1.165, 1.54) is 0 Å². The smallest absolute Gasteiger partial charge is 0.257 e. The third-order valence-corrected chi connectivity index (χ3v) is 5.62. The first-order valence-corrected chi connectivity index (χ1v) is 10.6. The predicted molar refractivity (Wildman–Crippen MR) is 122 cm³/mol. The molecule has 0 saturated carbocycles. The van der Waals surface area contributed by atoms with Gasteiger partial charge in [0.15, 0.2) is 0 Å². The maximum atomic E-state index is 13.2. The van der Waals surface area contributed by atoms with Crippen molar-refractivity contribution in [3.8, 4) is 5.75 Å². The first-order valence-electron chi connectivity index (χ1n) is 9.86. The molecule has 3 aromatic rings. The molecule has 0 aromatic heterocycles. The molecule has 30 heavy (non-hydrogen) atoms. The molecular formula is C24H22Cl2N2O2. The van der Waals surface area contributed by atoms with Crippen molar-refractivity contribution in [3.63, 3.8) is 0 Å². The van der Waals surface area contributed by atoms with Gasteiger partial charge in [-0.05, 0) is 42.0 Å². The normalized spacial score (nSPS) is 13.9. The highest BCUT2D eigenvalue weighted by Gasteiger charge is 2.25. The van der Waals surface area contributed by atoms with Crippen LogP contribution in [0.25, 0.3) is 0 Å². The number of hydrogen-bond acceptors (Lipinski definition) is 3. The number of anilines is 1. The molecule has 1 saturated heterocycles. The first-order chi connectivity index (χ1) is 14.6. The summed E-state index contributed by atoms with van der Waals surface area (Å²) in [6.07, 6.45) is 0. The van der Waals surface area contributed by atoms with Crippen molar-refractivity contribution in [1.29, 1.82) is 0 Å². The third kappa shape index (κ3) is 4.89. The van der Waals surface area contributed by atoms with Gasteiger partial charge in [-0.2, -0.15) is 0 Å². The summed E-state index contributed by atoms with van der Waals surface area (Å²) in [5.41, 5.74) is 2.61. The van der Waals surface area contributed by atoms with Crippen LogP contribution < -0.4 is 9.64 Å². The van der Waals surface area contributed by atoms with Crippen LogP contribution in [0.3, 0.4) is 0 Å². The lowest BCUT2D eigenvalue weighted by Crippen LogP contribution is -2.48. The van der Waals surface area contributed by atoms with Crippen LogP contribution in [-0.4, -0.2) is 37.0 Å². The highest BCUT2D eigenvalue weighted by Crippen LogP contribution is 2.27. The van der Waals surface area contributed by atoms with Gasteiger partial charge < -0.3 is 14.5 Å². The summed E-state index contributed by atoms with van der Waals surface area (Å²) in [6, 6.07) is 22.9. The Hall–Kier alpha value is -2.69. The van der Waals surface area contributed by atoms with E-state index >= 15 is 0 Å². The van der Waals surface area contributed by atoms with Crippen LogP contribution in [0, 0.1) is 0 Å². The second-order valence-corrected chi connectivity index (χ2v) is 8.05. The number of piperazine rings is 1. The lowest BCUT2D eigenvalue weighted by atomic mass is 10.1. The van der Waals surface area contributed by atoms with Crippen LogP contribution in [0.4, 0.5) is 5.69 Å². The van der Waals surface area contributed by atoms with Crippen molar-refractivity contribution in [2.45, 2.75) is 6.61 Å². The summed E-state index contributed by atoms with van der Waals surface area (Å²) in [5.74, 6) is 0.483. The number of rotatable bonds is 5. The molecule has 154 valence electrons. The second-order valence-electron chi connectivity index (χ2n) is 7.17. The lowest BCUT2D eigenvalue weighted by molar-refractivity contribution is 0.0742. The largest absolute Gasteiger partial charge is 0.488 e. The van der Waals surface area contributed by atoms with Gasteiger partial charge >= 0.3 is 0 Å². The Labute approximate surface area is 186 Å². The zero-order valence-electron chi connectivity index (χ0n) is 16.4. The molecule has 0 bridgehead atoms. The van der Waals surface area contributed by atoms with Gasteiger partial charge in [0.2, 0.25) is 0 Å². The topological polar surface area (TPSA) is 32.8 Å². The molecule has 0 N–H and O–H groups in total. The van der Waals surface area contributed by atoms with Gasteiger partial charge in [-0.15, -0.1) is 0 Å². The number of hydrogen-bond donors (Lipinski definition) is 0. The quantitative estimate of drug-likeness (QED) is 0.522. The fourth-order valence-electron chi connectivity index (χ4n) is 3.54. The van der Waals surface area contributed by atoms with Gasteiger partial charge in [-0.1, -0.05) is 59.6 Å². The summed E-state index contributed by atoms with van der Waals surface area (Å²) in [6.45, 7) is 3.12. The highest BCUT2D eigenvalue weighted by atomic mass is 35.5. The number of nitrogens with zero attached hydrogens (tertiary/aromatic N) is 2. The summed E-state index contributed by atoms with van der Waals surface area (Å²) in [5, 5.41) is 1.23. The number of amides is 1. The molecular weight excluding hydrogens is 419 g/mol. The van der Waals surface area contributed by atoms with Crippen molar-refractivity contribution in [2.24, 2.45) is 0 Å². The van der Waals surface area contributed by atoms with Crippen LogP contribution in [-0.2, 0) is 6.61 Å². The number of benzene rings is 3. The average Bonchev–Trinajstić information content (AvgIpc) is 2.78. The minimum absolute atomic E-state index is 0.0636. The van der Waals surface area contributed by atoms with Crippen LogP contribution >= 0.6 is 23.2 Å². The Morgan fingerprint density at radius 1 is 0.833 bits per heavy atom. The minimum Gasteiger partial charge on any atom is -0.488 e. The second kappa shape index (κ2) is 9.41. The summed E-state index contributed by atoms with van der Waals surface area (Å²) >= 11 is 12.3. The Kier molecular flexibility index (Phi) is 6.46. The van der Waals surface area contributed by atoms with E-state index in [1.807, 2.05) is 59.5 Å². The Bertz CT molecular complexity index is 1020. The zero-order chi connectivity index (χ0) is 20.9. The molecule has 1 aliphatic heterocycles. The predicted octanol–water partition coefficient (Wildman–Crippen LogP) is 5.53.